The van der Waals surface area contributed by atoms with Gasteiger partial charge in [-0.25, -0.2) is 9.37 Å². The fourth-order valence-electron chi connectivity index (χ4n) is 6.24. The maximum atomic E-state index is 14.9. The first-order chi connectivity index (χ1) is 19.4. The van der Waals surface area contributed by atoms with Crippen molar-refractivity contribution in [1.29, 1.82) is 0 Å². The van der Waals surface area contributed by atoms with Gasteiger partial charge >= 0.3 is 6.18 Å². The van der Waals surface area contributed by atoms with Gasteiger partial charge in [-0.3, -0.25) is 9.59 Å². The molecule has 2 bridgehead atoms. The number of aryl methyl sites for hydroxylation is 2. The zero-order valence-electron chi connectivity index (χ0n) is 22.6. The number of rotatable bonds is 8. The van der Waals surface area contributed by atoms with Crippen LogP contribution in [0.15, 0.2) is 52.9 Å². The lowest BCUT2D eigenvalue weighted by atomic mass is 9.43. The summed E-state index contributed by atoms with van der Waals surface area (Å²) in [5.74, 6) is -0.424. The van der Waals surface area contributed by atoms with Gasteiger partial charge in [0.15, 0.2) is 5.78 Å². The number of halogens is 4. The Morgan fingerprint density at radius 1 is 1.05 bits per heavy atom. The summed E-state index contributed by atoms with van der Waals surface area (Å²) < 4.78 is 60.8. The summed E-state index contributed by atoms with van der Waals surface area (Å²) in [5.41, 5.74) is 2.40. The molecule has 0 unspecified atom stereocenters. The van der Waals surface area contributed by atoms with Gasteiger partial charge in [0.25, 0.3) is 5.91 Å². The number of carbonyl (C=O) groups excluding carboxylic acids is 2. The van der Waals surface area contributed by atoms with Crippen molar-refractivity contribution in [3.05, 3.63) is 76.7 Å². The summed E-state index contributed by atoms with van der Waals surface area (Å²) >= 11 is 0. The van der Waals surface area contributed by atoms with Crippen molar-refractivity contribution in [2.45, 2.75) is 51.6 Å². The van der Waals surface area contributed by atoms with Crippen molar-refractivity contribution in [2.24, 2.45) is 11.3 Å². The molecule has 0 radical (unpaired) electrons. The van der Waals surface area contributed by atoms with Gasteiger partial charge in [0.2, 0.25) is 5.71 Å². The van der Waals surface area contributed by atoms with Crippen LogP contribution < -0.4 is 5.32 Å². The minimum atomic E-state index is -4.46. The third-order valence-electron chi connectivity index (χ3n) is 8.41. The zero-order valence-corrected chi connectivity index (χ0v) is 22.6. The monoisotopic (exact) mass is 564 g/mol. The Morgan fingerprint density at radius 2 is 1.76 bits per heavy atom. The Morgan fingerprint density at radius 3 is 2.37 bits per heavy atom. The second-order valence-corrected chi connectivity index (χ2v) is 11.5. The highest BCUT2D eigenvalue weighted by molar-refractivity contribution is 6.11. The first-order valence-electron chi connectivity index (χ1n) is 13.6. The van der Waals surface area contributed by atoms with E-state index in [0.717, 1.165) is 24.8 Å². The summed E-state index contributed by atoms with van der Waals surface area (Å²) in [6, 6.07) is 12.6. The van der Waals surface area contributed by atoms with Crippen LogP contribution in [0, 0.1) is 24.1 Å². The Bertz CT molecular complexity index is 1670. The quantitative estimate of drug-likeness (QED) is 0.175. The maximum absolute atomic E-state index is 14.9. The van der Waals surface area contributed by atoms with E-state index >= 15 is 0 Å². The number of hydrogen-bond acceptors (Lipinski definition) is 4. The van der Waals surface area contributed by atoms with Crippen LogP contribution in [0.3, 0.4) is 0 Å². The van der Waals surface area contributed by atoms with E-state index < -0.39 is 30.7 Å². The van der Waals surface area contributed by atoms with Crippen LogP contribution >= 0.6 is 0 Å². The van der Waals surface area contributed by atoms with Crippen molar-refractivity contribution in [3.63, 3.8) is 0 Å². The van der Waals surface area contributed by atoms with Crippen LogP contribution in [0.2, 0.25) is 0 Å². The predicted molar refractivity (Wildman–Crippen MR) is 146 cm³/mol. The van der Waals surface area contributed by atoms with E-state index in [1.54, 1.807) is 12.1 Å². The molecule has 9 heteroatoms. The number of nitrogens with one attached hydrogen (secondary N) is 1. The fraction of sp³-hybridized carbons (Fsp3) is 0.344. The number of benzene rings is 2. The van der Waals surface area contributed by atoms with Gasteiger partial charge < -0.3 is 9.73 Å². The van der Waals surface area contributed by atoms with E-state index in [-0.39, 0.29) is 56.0 Å². The smallest absolute Gasteiger partial charge is 0.389 e. The van der Waals surface area contributed by atoms with Crippen molar-refractivity contribution in [2.75, 3.05) is 7.05 Å². The van der Waals surface area contributed by atoms with Gasteiger partial charge in [-0.05, 0) is 73.8 Å². The highest BCUT2D eigenvalue weighted by Gasteiger charge is 2.56. The molecule has 3 aliphatic carbocycles. The number of hydrogen-bond donors (Lipinski definition) is 1. The summed E-state index contributed by atoms with van der Waals surface area (Å²) in [6.45, 7) is 1.91. The molecule has 1 amide bonds. The van der Waals surface area contributed by atoms with Crippen LogP contribution in [-0.2, 0) is 6.42 Å². The molecule has 41 heavy (non-hydrogen) atoms. The summed E-state index contributed by atoms with van der Waals surface area (Å²) in [6.07, 6.45) is -2.75. The molecule has 0 atom stereocenters. The topological polar surface area (TPSA) is 72.2 Å². The number of ketones is 1. The van der Waals surface area contributed by atoms with Crippen molar-refractivity contribution < 1.29 is 31.6 Å². The standard InChI is InChI=1S/C32H28F4N2O3/c1-17-3-5-19(6-4-17)28-27(29(40)37-2)24-12-23(25(38-30(24)41-28)7-8-32(34,35)36)20-9-21(11-22(33)10-20)26(39)16-31-13-18(14-31)15-31/h3-6,9-12,18H,7-8,13-16H2,1-2H3,(H,37,40). The second-order valence-electron chi connectivity index (χ2n) is 11.5. The van der Waals surface area contributed by atoms with Gasteiger partial charge in [-0.1, -0.05) is 29.8 Å². The molecule has 7 rings (SSSR count). The molecule has 2 aromatic carbocycles. The minimum Gasteiger partial charge on any atom is -0.437 e. The molecule has 3 aliphatic rings. The fourth-order valence-corrected chi connectivity index (χ4v) is 6.24. The van der Waals surface area contributed by atoms with E-state index in [9.17, 15) is 27.2 Å². The van der Waals surface area contributed by atoms with E-state index in [0.29, 0.717) is 17.9 Å². The number of Topliss-reactive ketones (excluding diaryl/α,β-unsaturated/α-hetero) is 1. The minimum absolute atomic E-state index is 0.00331. The highest BCUT2D eigenvalue weighted by Crippen LogP contribution is 2.66. The second kappa shape index (κ2) is 9.82. The average molecular weight is 565 g/mol. The van der Waals surface area contributed by atoms with Crippen molar-refractivity contribution in [3.8, 4) is 22.5 Å². The van der Waals surface area contributed by atoms with Gasteiger partial charge in [0.1, 0.15) is 11.6 Å². The SMILES string of the molecule is CNC(=O)c1c(-c2ccc(C)cc2)oc2nc(CCC(F)(F)F)c(-c3cc(F)cc(C(=O)CC45CC(C4)C5)c3)cc12. The maximum Gasteiger partial charge on any atom is 0.389 e. The molecule has 3 saturated carbocycles. The Hall–Kier alpha value is -4.01. The van der Waals surface area contributed by atoms with Crippen LogP contribution in [-0.4, -0.2) is 29.9 Å². The van der Waals surface area contributed by atoms with E-state index in [4.69, 9.17) is 4.42 Å². The number of carbonyl (C=O) groups is 2. The highest BCUT2D eigenvalue weighted by atomic mass is 19.4. The molecule has 0 aliphatic heterocycles. The molecular weight excluding hydrogens is 536 g/mol. The number of pyridine rings is 1. The largest absolute Gasteiger partial charge is 0.437 e. The van der Waals surface area contributed by atoms with Crippen molar-refractivity contribution >= 4 is 22.8 Å². The number of alkyl halides is 3. The third-order valence-corrected chi connectivity index (χ3v) is 8.41. The first kappa shape index (κ1) is 27.2. The molecule has 4 aromatic rings. The Kier molecular flexibility index (Phi) is 6.51. The lowest BCUT2D eigenvalue weighted by molar-refractivity contribution is -0.134. The van der Waals surface area contributed by atoms with Gasteiger partial charge in [0.05, 0.1) is 16.6 Å². The molecule has 2 aromatic heterocycles. The normalized spacial score (nSPS) is 19.5. The molecular formula is C32H28F4N2O3. The van der Waals surface area contributed by atoms with E-state index in [2.05, 4.69) is 10.3 Å². The van der Waals surface area contributed by atoms with E-state index in [1.807, 2.05) is 19.1 Å². The van der Waals surface area contributed by atoms with Crippen molar-refractivity contribution in [1.82, 2.24) is 10.3 Å². The van der Waals surface area contributed by atoms with Crippen LogP contribution in [0.1, 0.15) is 64.1 Å². The molecule has 3 fully saturated rings. The molecule has 0 saturated heterocycles. The number of amides is 1. The van der Waals surface area contributed by atoms with Gasteiger partial charge in [-0.2, -0.15) is 13.2 Å². The third kappa shape index (κ3) is 5.13. The molecule has 0 spiro atoms. The summed E-state index contributed by atoms with van der Waals surface area (Å²) in [7, 11) is 1.46. The average Bonchev–Trinajstić information content (AvgIpc) is 3.25. The number of aromatic nitrogens is 1. The van der Waals surface area contributed by atoms with Gasteiger partial charge in [-0.15, -0.1) is 0 Å². The molecule has 5 nitrogen and oxygen atoms in total. The number of nitrogens with zero attached hydrogens (tertiary/aromatic N) is 1. The molecule has 2 heterocycles. The molecule has 1 N–H and O–H groups in total. The number of furan rings is 1. The first-order valence-corrected chi connectivity index (χ1v) is 13.6. The van der Waals surface area contributed by atoms with E-state index in [1.165, 1.54) is 31.3 Å². The summed E-state index contributed by atoms with van der Waals surface area (Å²) in [4.78, 5) is 30.6. The van der Waals surface area contributed by atoms with Crippen LogP contribution in [0.25, 0.3) is 33.6 Å². The number of fused-ring (bicyclic) bond motifs is 1. The summed E-state index contributed by atoms with van der Waals surface area (Å²) in [5, 5.41) is 2.86. The van der Waals surface area contributed by atoms with Crippen LogP contribution in [0.5, 0.6) is 0 Å². The van der Waals surface area contributed by atoms with Crippen LogP contribution in [0.4, 0.5) is 17.6 Å². The lowest BCUT2D eigenvalue weighted by Crippen LogP contribution is -2.52. The van der Waals surface area contributed by atoms with Gasteiger partial charge in [0, 0.05) is 36.6 Å². The zero-order chi connectivity index (χ0) is 29.1. The Balaban J connectivity index is 1.50. The Labute approximate surface area is 234 Å². The lowest BCUT2D eigenvalue weighted by Gasteiger charge is -2.62. The predicted octanol–water partition coefficient (Wildman–Crippen LogP) is 7.84. The molecule has 212 valence electrons.